The van der Waals surface area contributed by atoms with Crippen LogP contribution in [0.25, 0.3) is 5.69 Å². The van der Waals surface area contributed by atoms with Gasteiger partial charge >= 0.3 is 0 Å². The molecule has 2 N–H and O–H groups in total. The van der Waals surface area contributed by atoms with Crippen LogP contribution in [-0.2, 0) is 0 Å². The molecule has 1 aliphatic carbocycles. The van der Waals surface area contributed by atoms with Crippen LogP contribution in [0.2, 0.25) is 0 Å². The zero-order chi connectivity index (χ0) is 16.2. The van der Waals surface area contributed by atoms with Crippen molar-refractivity contribution in [2.24, 2.45) is 0 Å². The molecule has 1 heterocycles. The third-order valence-corrected chi connectivity index (χ3v) is 4.02. The van der Waals surface area contributed by atoms with Gasteiger partial charge in [-0.1, -0.05) is 18.2 Å². The van der Waals surface area contributed by atoms with Crippen molar-refractivity contribution in [2.45, 2.75) is 18.6 Å². The minimum atomic E-state index is -1.12. The molecular weight excluding hydrogens is 290 g/mol. The third kappa shape index (κ3) is 3.31. The number of imidazole rings is 1. The van der Waals surface area contributed by atoms with Gasteiger partial charge in [0, 0.05) is 29.7 Å². The van der Waals surface area contributed by atoms with E-state index in [-0.39, 0.29) is 11.8 Å². The molecule has 0 radical (unpaired) electrons. The van der Waals surface area contributed by atoms with Gasteiger partial charge in [0.05, 0.1) is 6.33 Å². The monoisotopic (exact) mass is 309 g/mol. The lowest BCUT2D eigenvalue weighted by Crippen LogP contribution is -2.27. The van der Waals surface area contributed by atoms with E-state index in [1.165, 1.54) is 0 Å². The molecule has 0 saturated heterocycles. The molecule has 2 aromatic rings. The Bertz CT molecular complexity index is 730. The molecule has 2 unspecified atom stereocenters. The summed E-state index contributed by atoms with van der Waals surface area (Å²) < 4.78 is 1.86. The van der Waals surface area contributed by atoms with E-state index in [0.717, 1.165) is 12.1 Å². The molecule has 1 aromatic carbocycles. The van der Waals surface area contributed by atoms with E-state index in [9.17, 15) is 9.90 Å². The summed E-state index contributed by atoms with van der Waals surface area (Å²) in [5.41, 5.74) is 2.06. The average molecular weight is 309 g/mol. The Morgan fingerprint density at radius 1 is 1.39 bits per heavy atom. The highest BCUT2D eigenvalue weighted by molar-refractivity contribution is 6.01. The number of hydrogen-bond acceptors (Lipinski definition) is 4. The quantitative estimate of drug-likeness (QED) is 0.828. The summed E-state index contributed by atoms with van der Waals surface area (Å²) >= 11 is 0. The summed E-state index contributed by atoms with van der Waals surface area (Å²) in [5, 5.41) is 13.4. The molecule has 0 saturated carbocycles. The maximum atomic E-state index is 12.4. The molecule has 3 rings (SSSR count). The topological polar surface area (TPSA) is 67.2 Å². The predicted octanol–water partition coefficient (Wildman–Crippen LogP) is 1.89. The first kappa shape index (κ1) is 15.4. The molecule has 5 nitrogen and oxygen atoms in total. The predicted molar refractivity (Wildman–Crippen MR) is 88.6 cm³/mol. The van der Waals surface area contributed by atoms with Crippen molar-refractivity contribution < 1.29 is 9.90 Å². The Balaban J connectivity index is 1.73. The molecule has 0 aliphatic heterocycles. The Kier molecular flexibility index (Phi) is 4.50. The van der Waals surface area contributed by atoms with Crippen molar-refractivity contribution in [3.05, 3.63) is 72.4 Å². The number of aliphatic hydroxyl groups excluding tert-OH is 1. The fourth-order valence-electron chi connectivity index (χ4n) is 2.57. The second-order valence-electron chi connectivity index (χ2n) is 5.48. The number of hydrogen-bond donors (Lipinski definition) is 2. The highest BCUT2D eigenvalue weighted by Gasteiger charge is 2.21. The number of aliphatic hydroxyl groups is 1. The summed E-state index contributed by atoms with van der Waals surface area (Å²) in [4.78, 5) is 16.4. The SMILES string of the molecule is CNC1C=CC(C(O)C(=O)c2ccc(-n3ccnc3)cc2)=CC1. The number of Topliss-reactive ketones (excluding diaryl/α,β-unsaturated/α-hetero) is 1. The van der Waals surface area contributed by atoms with Crippen molar-refractivity contribution in [3.8, 4) is 5.69 Å². The smallest absolute Gasteiger partial charge is 0.195 e. The van der Waals surface area contributed by atoms with Gasteiger partial charge in [0.1, 0.15) is 6.10 Å². The molecule has 1 aliphatic rings. The third-order valence-electron chi connectivity index (χ3n) is 4.02. The van der Waals surface area contributed by atoms with Gasteiger partial charge < -0.3 is 15.0 Å². The van der Waals surface area contributed by atoms with Gasteiger partial charge in [0.2, 0.25) is 0 Å². The number of rotatable bonds is 5. The summed E-state index contributed by atoms with van der Waals surface area (Å²) in [7, 11) is 1.89. The Hall–Kier alpha value is -2.50. The molecule has 2 atom stereocenters. The average Bonchev–Trinajstić information content (AvgIpc) is 3.15. The Labute approximate surface area is 135 Å². The van der Waals surface area contributed by atoms with Crippen LogP contribution in [0, 0.1) is 0 Å². The maximum absolute atomic E-state index is 12.4. The fraction of sp³-hybridized carbons (Fsp3) is 0.222. The molecule has 0 fully saturated rings. The van der Waals surface area contributed by atoms with Crippen LogP contribution >= 0.6 is 0 Å². The van der Waals surface area contributed by atoms with E-state index in [2.05, 4.69) is 10.3 Å². The minimum absolute atomic E-state index is 0.260. The van der Waals surface area contributed by atoms with Gasteiger partial charge in [-0.25, -0.2) is 4.98 Å². The fourth-order valence-corrected chi connectivity index (χ4v) is 2.57. The van der Waals surface area contributed by atoms with E-state index < -0.39 is 6.10 Å². The Morgan fingerprint density at radius 3 is 2.74 bits per heavy atom. The molecule has 5 heteroatoms. The number of carbonyl (C=O) groups is 1. The lowest BCUT2D eigenvalue weighted by molar-refractivity contribution is 0.0809. The number of nitrogens with one attached hydrogen (secondary N) is 1. The lowest BCUT2D eigenvalue weighted by atomic mass is 9.94. The molecule has 0 bridgehead atoms. The summed E-state index contributed by atoms with van der Waals surface area (Å²) in [5.74, 6) is -0.291. The van der Waals surface area contributed by atoms with E-state index in [1.54, 1.807) is 24.7 Å². The zero-order valence-electron chi connectivity index (χ0n) is 12.9. The van der Waals surface area contributed by atoms with Crippen LogP contribution in [0.1, 0.15) is 16.8 Å². The molecular formula is C18H19N3O2. The highest BCUT2D eigenvalue weighted by atomic mass is 16.3. The van der Waals surface area contributed by atoms with E-state index >= 15 is 0 Å². The maximum Gasteiger partial charge on any atom is 0.195 e. The van der Waals surface area contributed by atoms with Crippen LogP contribution < -0.4 is 5.32 Å². The first-order valence-corrected chi connectivity index (χ1v) is 7.55. The van der Waals surface area contributed by atoms with Crippen LogP contribution in [0.5, 0.6) is 0 Å². The molecule has 0 amide bonds. The second kappa shape index (κ2) is 6.73. The summed E-state index contributed by atoms with van der Waals surface area (Å²) in [6, 6.07) is 7.39. The van der Waals surface area contributed by atoms with Gasteiger partial charge in [0.15, 0.2) is 5.78 Å². The van der Waals surface area contributed by atoms with E-state index in [4.69, 9.17) is 0 Å². The van der Waals surface area contributed by atoms with Crippen molar-refractivity contribution >= 4 is 5.78 Å². The first-order chi connectivity index (χ1) is 11.2. The van der Waals surface area contributed by atoms with Gasteiger partial charge in [0.25, 0.3) is 0 Å². The first-order valence-electron chi connectivity index (χ1n) is 7.55. The molecule has 23 heavy (non-hydrogen) atoms. The van der Waals surface area contributed by atoms with Crippen molar-refractivity contribution in [2.75, 3.05) is 7.05 Å². The van der Waals surface area contributed by atoms with E-state index in [1.807, 2.05) is 48.2 Å². The number of carbonyl (C=O) groups excluding carboxylic acids is 1. The zero-order valence-corrected chi connectivity index (χ0v) is 12.9. The Morgan fingerprint density at radius 2 is 2.17 bits per heavy atom. The highest BCUT2D eigenvalue weighted by Crippen LogP contribution is 2.18. The number of ketones is 1. The molecule has 1 aromatic heterocycles. The van der Waals surface area contributed by atoms with Crippen LogP contribution in [-0.4, -0.2) is 39.6 Å². The number of benzene rings is 1. The standard InChI is InChI=1S/C18H19N3O2/c1-19-15-6-2-13(3-7-15)17(22)18(23)14-4-8-16(9-5-14)21-11-10-20-12-21/h2-6,8-12,15,17,19,22H,7H2,1H3. The minimum Gasteiger partial charge on any atom is -0.380 e. The molecule has 0 spiro atoms. The van der Waals surface area contributed by atoms with E-state index in [0.29, 0.717) is 11.1 Å². The number of nitrogens with zero attached hydrogens (tertiary/aromatic N) is 2. The largest absolute Gasteiger partial charge is 0.380 e. The van der Waals surface area contributed by atoms with Crippen molar-refractivity contribution in [3.63, 3.8) is 0 Å². The lowest BCUT2D eigenvalue weighted by Gasteiger charge is -2.18. The van der Waals surface area contributed by atoms with Gasteiger partial charge in [-0.15, -0.1) is 0 Å². The van der Waals surface area contributed by atoms with Gasteiger partial charge in [-0.3, -0.25) is 4.79 Å². The molecule has 118 valence electrons. The van der Waals surface area contributed by atoms with Gasteiger partial charge in [-0.2, -0.15) is 0 Å². The summed E-state index contributed by atoms with van der Waals surface area (Å²) in [6.45, 7) is 0. The number of aromatic nitrogens is 2. The van der Waals surface area contributed by atoms with Crippen LogP contribution in [0.15, 0.2) is 66.8 Å². The van der Waals surface area contributed by atoms with Crippen molar-refractivity contribution in [1.29, 1.82) is 0 Å². The normalized spacial score (nSPS) is 18.5. The van der Waals surface area contributed by atoms with Crippen molar-refractivity contribution in [1.82, 2.24) is 14.9 Å². The van der Waals surface area contributed by atoms with Crippen LogP contribution in [0.3, 0.4) is 0 Å². The summed E-state index contributed by atoms with van der Waals surface area (Å²) in [6.07, 6.45) is 10.6. The second-order valence-corrected chi connectivity index (χ2v) is 5.48. The number of likely N-dealkylation sites (N-methyl/N-ethyl adjacent to an activating group) is 1. The van der Waals surface area contributed by atoms with Gasteiger partial charge in [-0.05, 0) is 43.3 Å². The van der Waals surface area contributed by atoms with Crippen LogP contribution in [0.4, 0.5) is 0 Å².